The van der Waals surface area contributed by atoms with E-state index in [0.29, 0.717) is 31.0 Å². The number of aryl methyl sites for hydroxylation is 2. The van der Waals surface area contributed by atoms with Gasteiger partial charge in [-0.15, -0.1) is 0 Å². The molecule has 2 heterocycles. The number of rotatable bonds is 8. The minimum Gasteiger partial charge on any atom is -0.480 e. The van der Waals surface area contributed by atoms with Crippen LogP contribution in [0.15, 0.2) is 18.2 Å². The summed E-state index contributed by atoms with van der Waals surface area (Å²) < 4.78 is 49.8. The van der Waals surface area contributed by atoms with E-state index in [9.17, 15) is 18.0 Å². The van der Waals surface area contributed by atoms with E-state index in [1.165, 1.54) is 6.07 Å². The van der Waals surface area contributed by atoms with Gasteiger partial charge >= 0.3 is 6.18 Å². The molecule has 0 saturated carbocycles. The van der Waals surface area contributed by atoms with Crippen LogP contribution in [-0.2, 0) is 13.0 Å². The van der Waals surface area contributed by atoms with E-state index < -0.39 is 12.3 Å². The van der Waals surface area contributed by atoms with Crippen LogP contribution >= 0.6 is 11.6 Å². The van der Waals surface area contributed by atoms with Crippen LogP contribution in [0.3, 0.4) is 0 Å². The third-order valence-electron chi connectivity index (χ3n) is 5.63. The number of nitrogens with zero attached hydrogens (tertiary/aromatic N) is 2. The smallest absolute Gasteiger partial charge is 0.425 e. The van der Waals surface area contributed by atoms with Gasteiger partial charge in [-0.05, 0) is 56.9 Å². The van der Waals surface area contributed by atoms with Crippen molar-refractivity contribution in [1.82, 2.24) is 9.88 Å². The van der Waals surface area contributed by atoms with Gasteiger partial charge in [0.2, 0.25) is 5.88 Å². The lowest BCUT2D eigenvalue weighted by Crippen LogP contribution is -2.38. The number of pyridine rings is 1. The molecule has 3 rings (SSSR count). The molecule has 0 fully saturated rings. The zero-order valence-electron chi connectivity index (χ0n) is 19.2. The molecule has 0 saturated heterocycles. The highest BCUT2D eigenvalue weighted by Crippen LogP contribution is 2.37. The Labute approximate surface area is 196 Å². The molecule has 1 aromatic carbocycles. The number of carbonyl (C=O) groups excluding carboxylic acids is 1. The Morgan fingerprint density at radius 1 is 1.27 bits per heavy atom. The monoisotopic (exact) mass is 484 g/mol. The second-order valence-corrected chi connectivity index (χ2v) is 8.63. The van der Waals surface area contributed by atoms with E-state index in [0.717, 1.165) is 36.6 Å². The topological polar surface area (TPSA) is 51.7 Å². The molecule has 1 amide bonds. The van der Waals surface area contributed by atoms with Crippen LogP contribution in [0.5, 0.6) is 11.6 Å². The highest BCUT2D eigenvalue weighted by Gasteiger charge is 2.39. The van der Waals surface area contributed by atoms with Gasteiger partial charge in [-0.2, -0.15) is 13.2 Å². The van der Waals surface area contributed by atoms with E-state index in [4.69, 9.17) is 21.1 Å². The average Bonchev–Trinajstić information content (AvgIpc) is 2.73. The van der Waals surface area contributed by atoms with Crippen LogP contribution in [0, 0.1) is 13.8 Å². The van der Waals surface area contributed by atoms with Crippen molar-refractivity contribution in [3.05, 3.63) is 51.2 Å². The Bertz CT molecular complexity index is 1030. The number of alkyl halides is 3. The third kappa shape index (κ3) is 5.72. The van der Waals surface area contributed by atoms with Crippen molar-refractivity contribution in [1.29, 1.82) is 0 Å². The molecular weight excluding hydrogens is 457 g/mol. The maximum absolute atomic E-state index is 13.3. The summed E-state index contributed by atoms with van der Waals surface area (Å²) in [6, 6.07) is 4.93. The molecule has 2 aromatic rings. The van der Waals surface area contributed by atoms with Crippen molar-refractivity contribution in [2.45, 2.75) is 65.8 Å². The van der Waals surface area contributed by atoms with Gasteiger partial charge < -0.3 is 14.4 Å². The van der Waals surface area contributed by atoms with Crippen molar-refractivity contribution in [3.8, 4) is 11.6 Å². The van der Waals surface area contributed by atoms with Crippen LogP contribution in [-0.4, -0.2) is 41.2 Å². The fourth-order valence-electron chi connectivity index (χ4n) is 3.70. The molecule has 1 aromatic heterocycles. The number of ether oxygens (including phenoxy) is 2. The Kier molecular flexibility index (Phi) is 7.77. The molecular formula is C24H28ClF3N2O3. The number of halogens is 4. The molecule has 0 spiro atoms. The number of unbranched alkanes of at least 4 members (excludes halogenated alkanes) is 1. The summed E-state index contributed by atoms with van der Waals surface area (Å²) in [6.45, 7) is 8.03. The summed E-state index contributed by atoms with van der Waals surface area (Å²) >= 11 is 6.37. The summed E-state index contributed by atoms with van der Waals surface area (Å²) in [5, 5.41) is -0.100. The summed E-state index contributed by atoms with van der Waals surface area (Å²) in [5.41, 5.74) is 3.45. The van der Waals surface area contributed by atoms with Crippen molar-refractivity contribution in [3.63, 3.8) is 0 Å². The molecule has 5 nitrogen and oxygen atoms in total. The first kappa shape index (κ1) is 25.1. The average molecular weight is 485 g/mol. The molecule has 1 aliphatic heterocycles. The lowest BCUT2D eigenvalue weighted by Gasteiger charge is -2.31. The fourth-order valence-corrected chi connectivity index (χ4v) is 4.01. The number of aromatic nitrogens is 1. The molecule has 0 aliphatic carbocycles. The zero-order chi connectivity index (χ0) is 24.3. The molecule has 1 aliphatic rings. The highest BCUT2D eigenvalue weighted by molar-refractivity contribution is 6.35. The number of carbonyl (C=O) groups is 1. The van der Waals surface area contributed by atoms with Crippen LogP contribution in [0.1, 0.15) is 59.4 Å². The van der Waals surface area contributed by atoms with Gasteiger partial charge in [0, 0.05) is 17.8 Å². The first-order valence-corrected chi connectivity index (χ1v) is 11.3. The van der Waals surface area contributed by atoms with Crippen molar-refractivity contribution < 1.29 is 27.4 Å². The fraction of sp³-hybridized carbons (Fsp3) is 0.500. The van der Waals surface area contributed by atoms with Crippen molar-refractivity contribution >= 4 is 17.5 Å². The SMILES string of the molecule is CCCCOc1nc(C)cc(C)c1CN1CCc2ccc(OC(C)C(F)(F)F)c(Cl)c2C1=O. The zero-order valence-corrected chi connectivity index (χ0v) is 19.9. The second-order valence-electron chi connectivity index (χ2n) is 8.26. The van der Waals surface area contributed by atoms with E-state index in [-0.39, 0.29) is 28.8 Å². The number of hydrogen-bond acceptors (Lipinski definition) is 4. The minimum atomic E-state index is -4.54. The van der Waals surface area contributed by atoms with Crippen LogP contribution in [0.25, 0.3) is 0 Å². The summed E-state index contributed by atoms with van der Waals surface area (Å²) in [7, 11) is 0. The highest BCUT2D eigenvalue weighted by atomic mass is 35.5. The molecule has 0 radical (unpaired) electrons. The maximum atomic E-state index is 13.3. The maximum Gasteiger partial charge on any atom is 0.425 e. The molecule has 0 bridgehead atoms. The van der Waals surface area contributed by atoms with Gasteiger partial charge in [0.15, 0.2) is 6.10 Å². The lowest BCUT2D eigenvalue weighted by molar-refractivity contribution is -0.189. The van der Waals surface area contributed by atoms with Gasteiger partial charge in [0.1, 0.15) is 5.75 Å². The molecule has 33 heavy (non-hydrogen) atoms. The molecule has 1 atom stereocenters. The van der Waals surface area contributed by atoms with Crippen LogP contribution < -0.4 is 9.47 Å². The molecule has 0 N–H and O–H groups in total. The Balaban J connectivity index is 1.88. The standard InChI is InChI=1S/C24H28ClF3N2O3/c1-5-6-11-32-22-18(14(2)12-15(3)29-22)13-30-10-9-17-7-8-19(21(25)20(17)23(30)31)33-16(4)24(26,27)28/h7-8,12,16H,5-6,9-11,13H2,1-4H3. The van der Waals surface area contributed by atoms with E-state index in [1.54, 1.807) is 11.0 Å². The number of fused-ring (bicyclic) bond motifs is 1. The van der Waals surface area contributed by atoms with Gasteiger partial charge in [0.25, 0.3) is 5.91 Å². The van der Waals surface area contributed by atoms with Gasteiger partial charge in [0.05, 0.1) is 23.7 Å². The van der Waals surface area contributed by atoms with Gasteiger partial charge in [-0.25, -0.2) is 4.98 Å². The predicted octanol–water partition coefficient (Wildman–Crippen LogP) is 6.06. The molecule has 180 valence electrons. The third-order valence-corrected chi connectivity index (χ3v) is 6.01. The Hall–Kier alpha value is -2.48. The van der Waals surface area contributed by atoms with Crippen molar-refractivity contribution in [2.75, 3.05) is 13.2 Å². The van der Waals surface area contributed by atoms with Gasteiger partial charge in [-0.1, -0.05) is 31.0 Å². The minimum absolute atomic E-state index is 0.100. The largest absolute Gasteiger partial charge is 0.480 e. The van der Waals surface area contributed by atoms with Crippen molar-refractivity contribution in [2.24, 2.45) is 0 Å². The Morgan fingerprint density at radius 3 is 2.67 bits per heavy atom. The molecule has 9 heteroatoms. The van der Waals surface area contributed by atoms with E-state index in [2.05, 4.69) is 11.9 Å². The Morgan fingerprint density at radius 2 is 2.00 bits per heavy atom. The van der Waals surface area contributed by atoms with Crippen LogP contribution in [0.4, 0.5) is 13.2 Å². The second kappa shape index (κ2) is 10.2. The quantitative estimate of drug-likeness (QED) is 0.427. The predicted molar refractivity (Wildman–Crippen MR) is 120 cm³/mol. The van der Waals surface area contributed by atoms with E-state index in [1.807, 2.05) is 19.9 Å². The van der Waals surface area contributed by atoms with Gasteiger partial charge in [-0.3, -0.25) is 4.79 Å². The normalized spacial score (nSPS) is 14.8. The lowest BCUT2D eigenvalue weighted by atomic mass is 9.97. The summed E-state index contributed by atoms with van der Waals surface area (Å²) in [4.78, 5) is 19.5. The number of amides is 1. The molecule has 1 unspecified atom stereocenters. The summed E-state index contributed by atoms with van der Waals surface area (Å²) in [5.74, 6) is -0.0141. The number of hydrogen-bond donors (Lipinski definition) is 0. The van der Waals surface area contributed by atoms with E-state index >= 15 is 0 Å². The summed E-state index contributed by atoms with van der Waals surface area (Å²) in [6.07, 6.45) is -4.19. The first-order chi connectivity index (χ1) is 15.5. The van der Waals surface area contributed by atoms with Crippen LogP contribution in [0.2, 0.25) is 5.02 Å². The number of benzene rings is 1. The first-order valence-electron chi connectivity index (χ1n) is 11.0.